The first-order chi connectivity index (χ1) is 9.08. The number of hydrogen-bond acceptors (Lipinski definition) is 3. The summed E-state index contributed by atoms with van der Waals surface area (Å²) < 4.78 is 1.86. The van der Waals surface area contributed by atoms with Gasteiger partial charge in [0.05, 0.1) is 11.7 Å². The third-order valence-electron chi connectivity index (χ3n) is 3.27. The Bertz CT molecular complexity index is 461. The maximum atomic E-state index is 12.2. The van der Waals surface area contributed by atoms with Gasteiger partial charge in [0.1, 0.15) is 0 Å². The largest absolute Gasteiger partial charge is 0.324 e. The molecule has 1 aromatic carbocycles. The van der Waals surface area contributed by atoms with E-state index in [4.69, 9.17) is 0 Å². The van der Waals surface area contributed by atoms with Crippen molar-refractivity contribution in [2.45, 2.75) is 13.0 Å². The van der Waals surface area contributed by atoms with Gasteiger partial charge in [0.25, 0.3) is 0 Å². The van der Waals surface area contributed by atoms with Crippen molar-refractivity contribution in [3.8, 4) is 0 Å². The summed E-state index contributed by atoms with van der Waals surface area (Å²) in [5.74, 6) is 0.0323. The maximum absolute atomic E-state index is 12.2. The summed E-state index contributed by atoms with van der Waals surface area (Å²) in [7, 11) is 0. The van der Waals surface area contributed by atoms with E-state index in [0.717, 1.165) is 40.8 Å². The molecule has 19 heavy (non-hydrogen) atoms. The Labute approximate surface area is 130 Å². The molecule has 1 aliphatic rings. The lowest BCUT2D eigenvalue weighted by Crippen LogP contribution is -2.51. The molecule has 1 aromatic rings. The van der Waals surface area contributed by atoms with Crippen LogP contribution < -0.4 is 10.6 Å². The average Bonchev–Trinajstić information content (AvgIpc) is 2.42. The van der Waals surface area contributed by atoms with Gasteiger partial charge < -0.3 is 10.6 Å². The first kappa shape index (κ1) is 15.0. The van der Waals surface area contributed by atoms with Gasteiger partial charge in [-0.15, -0.1) is 0 Å². The molecule has 1 saturated heterocycles. The standard InChI is InChI=1S/C13H17Br2N3O/c1-9(18-6-4-16-5-7-18)13(19)17-12-3-2-10(14)8-11(12)15/h2-3,8-9,16H,4-7H2,1H3,(H,17,19). The van der Waals surface area contributed by atoms with Gasteiger partial charge in [0.2, 0.25) is 5.91 Å². The lowest BCUT2D eigenvalue weighted by Gasteiger charge is -2.31. The van der Waals surface area contributed by atoms with Crippen molar-refractivity contribution in [1.29, 1.82) is 0 Å². The molecule has 1 amide bonds. The molecule has 0 aliphatic carbocycles. The zero-order valence-corrected chi connectivity index (χ0v) is 13.9. The highest BCUT2D eigenvalue weighted by molar-refractivity contribution is 9.11. The molecule has 1 fully saturated rings. The second kappa shape index (κ2) is 6.83. The number of carbonyl (C=O) groups is 1. The van der Waals surface area contributed by atoms with Gasteiger partial charge in [0.15, 0.2) is 0 Å². The van der Waals surface area contributed by atoms with Gasteiger partial charge in [-0.25, -0.2) is 0 Å². The van der Waals surface area contributed by atoms with Crippen molar-refractivity contribution in [3.63, 3.8) is 0 Å². The van der Waals surface area contributed by atoms with Gasteiger partial charge in [-0.3, -0.25) is 9.69 Å². The number of benzene rings is 1. The van der Waals surface area contributed by atoms with E-state index >= 15 is 0 Å². The molecule has 1 aliphatic heterocycles. The maximum Gasteiger partial charge on any atom is 0.241 e. The summed E-state index contributed by atoms with van der Waals surface area (Å²) in [5, 5.41) is 6.25. The number of anilines is 1. The number of nitrogens with one attached hydrogen (secondary N) is 2. The Morgan fingerprint density at radius 1 is 1.37 bits per heavy atom. The van der Waals surface area contributed by atoms with Crippen LogP contribution in [-0.2, 0) is 4.79 Å². The monoisotopic (exact) mass is 389 g/mol. The minimum absolute atomic E-state index is 0.0323. The van der Waals surface area contributed by atoms with Crippen molar-refractivity contribution in [2.75, 3.05) is 31.5 Å². The van der Waals surface area contributed by atoms with Crippen molar-refractivity contribution in [3.05, 3.63) is 27.1 Å². The van der Waals surface area contributed by atoms with E-state index in [-0.39, 0.29) is 11.9 Å². The summed E-state index contributed by atoms with van der Waals surface area (Å²) in [6.07, 6.45) is 0. The van der Waals surface area contributed by atoms with Gasteiger partial charge in [-0.1, -0.05) is 15.9 Å². The molecular formula is C13H17Br2N3O. The number of piperazine rings is 1. The topological polar surface area (TPSA) is 44.4 Å². The summed E-state index contributed by atoms with van der Waals surface area (Å²) >= 11 is 6.85. The van der Waals surface area contributed by atoms with Crippen LogP contribution in [0.25, 0.3) is 0 Å². The second-order valence-electron chi connectivity index (χ2n) is 4.58. The van der Waals surface area contributed by atoms with Crippen LogP contribution in [0.2, 0.25) is 0 Å². The highest BCUT2D eigenvalue weighted by Crippen LogP contribution is 2.26. The molecule has 4 nitrogen and oxygen atoms in total. The van der Waals surface area contributed by atoms with Crippen LogP contribution in [0.3, 0.4) is 0 Å². The fraction of sp³-hybridized carbons (Fsp3) is 0.462. The van der Waals surface area contributed by atoms with E-state index in [1.807, 2.05) is 25.1 Å². The number of rotatable bonds is 3. The van der Waals surface area contributed by atoms with Crippen LogP contribution in [0.5, 0.6) is 0 Å². The molecular weight excluding hydrogens is 374 g/mol. The Morgan fingerprint density at radius 2 is 2.05 bits per heavy atom. The zero-order chi connectivity index (χ0) is 13.8. The molecule has 104 valence electrons. The minimum atomic E-state index is -0.113. The predicted molar refractivity (Wildman–Crippen MR) is 84.4 cm³/mol. The van der Waals surface area contributed by atoms with Crippen molar-refractivity contribution < 1.29 is 4.79 Å². The fourth-order valence-electron chi connectivity index (χ4n) is 2.06. The summed E-state index contributed by atoms with van der Waals surface area (Å²) in [6.45, 7) is 5.67. The molecule has 2 rings (SSSR count). The molecule has 1 unspecified atom stereocenters. The number of amides is 1. The molecule has 0 aromatic heterocycles. The SMILES string of the molecule is CC(C(=O)Nc1ccc(Br)cc1Br)N1CCNCC1. The van der Waals surface area contributed by atoms with Crippen LogP contribution in [0.15, 0.2) is 27.1 Å². The van der Waals surface area contributed by atoms with E-state index in [9.17, 15) is 4.79 Å². The van der Waals surface area contributed by atoms with Crippen LogP contribution in [-0.4, -0.2) is 43.0 Å². The fourth-order valence-corrected chi connectivity index (χ4v) is 3.21. The van der Waals surface area contributed by atoms with Gasteiger partial charge in [-0.05, 0) is 41.1 Å². The minimum Gasteiger partial charge on any atom is -0.324 e. The zero-order valence-electron chi connectivity index (χ0n) is 10.7. The van der Waals surface area contributed by atoms with Crippen molar-refractivity contribution in [1.82, 2.24) is 10.2 Å². The summed E-state index contributed by atoms with van der Waals surface area (Å²) in [5.41, 5.74) is 0.801. The predicted octanol–water partition coefficient (Wildman–Crippen LogP) is 2.44. The first-order valence-corrected chi connectivity index (χ1v) is 7.87. The third-order valence-corrected chi connectivity index (χ3v) is 4.42. The highest BCUT2D eigenvalue weighted by atomic mass is 79.9. The lowest BCUT2D eigenvalue weighted by atomic mass is 10.2. The summed E-state index contributed by atoms with van der Waals surface area (Å²) in [4.78, 5) is 14.4. The lowest BCUT2D eigenvalue weighted by molar-refractivity contribution is -0.120. The number of nitrogens with zero attached hydrogens (tertiary/aromatic N) is 1. The molecule has 2 N–H and O–H groups in total. The Kier molecular flexibility index (Phi) is 5.38. The molecule has 1 atom stereocenters. The van der Waals surface area contributed by atoms with Gasteiger partial charge in [-0.2, -0.15) is 0 Å². The van der Waals surface area contributed by atoms with Crippen LogP contribution in [0, 0.1) is 0 Å². The van der Waals surface area contributed by atoms with Crippen molar-refractivity contribution in [2.24, 2.45) is 0 Å². The molecule has 0 saturated carbocycles. The van der Waals surface area contributed by atoms with E-state index in [1.165, 1.54) is 0 Å². The number of carbonyl (C=O) groups excluding carboxylic acids is 1. The molecule has 6 heteroatoms. The van der Waals surface area contributed by atoms with E-state index in [1.54, 1.807) is 0 Å². The molecule has 1 heterocycles. The van der Waals surface area contributed by atoms with E-state index in [0.29, 0.717) is 0 Å². The van der Waals surface area contributed by atoms with Crippen LogP contribution in [0.1, 0.15) is 6.92 Å². The summed E-state index contributed by atoms with van der Waals surface area (Å²) in [6, 6.07) is 5.61. The van der Waals surface area contributed by atoms with Crippen molar-refractivity contribution >= 4 is 43.5 Å². The van der Waals surface area contributed by atoms with Gasteiger partial charge in [0, 0.05) is 35.1 Å². The highest BCUT2D eigenvalue weighted by Gasteiger charge is 2.23. The Morgan fingerprint density at radius 3 is 2.68 bits per heavy atom. The van der Waals surface area contributed by atoms with Crippen LogP contribution >= 0.6 is 31.9 Å². The Hall–Kier alpha value is -0.430. The number of halogens is 2. The quantitative estimate of drug-likeness (QED) is 0.833. The molecule has 0 spiro atoms. The van der Waals surface area contributed by atoms with E-state index in [2.05, 4.69) is 47.4 Å². The molecule has 0 bridgehead atoms. The Balaban J connectivity index is 1.99. The molecule has 0 radical (unpaired) electrons. The van der Waals surface area contributed by atoms with E-state index < -0.39 is 0 Å². The third kappa shape index (κ3) is 4.02. The second-order valence-corrected chi connectivity index (χ2v) is 6.35. The number of hydrogen-bond donors (Lipinski definition) is 2. The first-order valence-electron chi connectivity index (χ1n) is 6.28. The van der Waals surface area contributed by atoms with Gasteiger partial charge >= 0.3 is 0 Å². The normalized spacial score (nSPS) is 18.1. The average molecular weight is 391 g/mol. The van der Waals surface area contributed by atoms with Crippen LogP contribution in [0.4, 0.5) is 5.69 Å². The smallest absolute Gasteiger partial charge is 0.241 e.